The number of carbonyl (C=O) groups is 1. The molecular formula is C18H21NO5S. The van der Waals surface area contributed by atoms with Gasteiger partial charge in [0.25, 0.3) is 0 Å². The maximum absolute atomic E-state index is 12.2. The zero-order valence-corrected chi connectivity index (χ0v) is 14.5. The molecule has 0 spiro atoms. The maximum atomic E-state index is 12.2. The summed E-state index contributed by atoms with van der Waals surface area (Å²) in [6, 6.07) is 15.6. The van der Waals surface area contributed by atoms with Crippen molar-refractivity contribution in [1.29, 1.82) is 0 Å². The molecule has 2 N–H and O–H groups in total. The second-order valence-corrected chi connectivity index (χ2v) is 7.27. The van der Waals surface area contributed by atoms with Gasteiger partial charge in [-0.05, 0) is 29.7 Å². The molecule has 2 aromatic carbocycles. The van der Waals surface area contributed by atoms with Crippen molar-refractivity contribution in [3.8, 4) is 0 Å². The van der Waals surface area contributed by atoms with Gasteiger partial charge in [0.1, 0.15) is 0 Å². The normalized spacial score (nSPS) is 11.4. The van der Waals surface area contributed by atoms with Crippen LogP contribution in [0.4, 0.5) is 0 Å². The van der Waals surface area contributed by atoms with Crippen molar-refractivity contribution in [3.05, 3.63) is 65.7 Å². The molecule has 0 aliphatic rings. The summed E-state index contributed by atoms with van der Waals surface area (Å²) in [5.74, 6) is -0.954. The Balaban J connectivity index is 1.72. The Bertz CT molecular complexity index is 773. The van der Waals surface area contributed by atoms with Crippen LogP contribution in [0.5, 0.6) is 0 Å². The molecule has 0 saturated heterocycles. The number of carboxylic acid groups (broad SMARTS) is 1. The number of hydrogen-bond donors (Lipinski definition) is 2. The fourth-order valence-electron chi connectivity index (χ4n) is 2.19. The summed E-state index contributed by atoms with van der Waals surface area (Å²) in [5.41, 5.74) is 1.63. The van der Waals surface area contributed by atoms with Crippen molar-refractivity contribution in [2.24, 2.45) is 0 Å². The van der Waals surface area contributed by atoms with E-state index >= 15 is 0 Å². The Hall–Kier alpha value is -2.22. The van der Waals surface area contributed by atoms with Gasteiger partial charge < -0.3 is 9.84 Å². The molecule has 134 valence electrons. The first-order valence-electron chi connectivity index (χ1n) is 7.89. The topological polar surface area (TPSA) is 92.7 Å². The molecule has 25 heavy (non-hydrogen) atoms. The number of benzene rings is 2. The summed E-state index contributed by atoms with van der Waals surface area (Å²) in [6.45, 7) is 1.22. The van der Waals surface area contributed by atoms with Gasteiger partial charge in [0.2, 0.25) is 10.0 Å². The lowest BCUT2D eigenvalue weighted by atomic mass is 10.2. The minimum atomic E-state index is -3.60. The van der Waals surface area contributed by atoms with Crippen LogP contribution in [0.3, 0.4) is 0 Å². The Kier molecular flexibility index (Phi) is 7.12. The second-order valence-electron chi connectivity index (χ2n) is 5.50. The molecule has 0 amide bonds. The largest absolute Gasteiger partial charge is 0.481 e. The number of sulfonamides is 1. The molecule has 7 heteroatoms. The Morgan fingerprint density at radius 3 is 2.32 bits per heavy atom. The fraction of sp³-hybridized carbons (Fsp3) is 0.278. The van der Waals surface area contributed by atoms with Gasteiger partial charge in [0, 0.05) is 13.2 Å². The van der Waals surface area contributed by atoms with Gasteiger partial charge in [-0.25, -0.2) is 13.1 Å². The van der Waals surface area contributed by atoms with E-state index in [1.165, 1.54) is 24.3 Å². The molecule has 2 aromatic rings. The van der Waals surface area contributed by atoms with E-state index in [4.69, 9.17) is 9.84 Å². The Morgan fingerprint density at radius 2 is 1.68 bits per heavy atom. The third kappa shape index (κ3) is 6.66. The number of nitrogens with one attached hydrogen (secondary N) is 1. The Morgan fingerprint density at radius 1 is 1.00 bits per heavy atom. The van der Waals surface area contributed by atoms with Crippen molar-refractivity contribution in [2.45, 2.75) is 24.3 Å². The zero-order valence-electron chi connectivity index (χ0n) is 13.7. The van der Waals surface area contributed by atoms with E-state index < -0.39 is 16.0 Å². The predicted octanol–water partition coefficient (Wildman–Crippen LogP) is 2.20. The average molecular weight is 363 g/mol. The zero-order chi connectivity index (χ0) is 18.1. The first-order valence-corrected chi connectivity index (χ1v) is 9.38. The number of ether oxygens (including phenoxy) is 1. The van der Waals surface area contributed by atoms with Crippen LogP contribution in [-0.4, -0.2) is 32.6 Å². The van der Waals surface area contributed by atoms with Crippen LogP contribution >= 0.6 is 0 Å². The third-order valence-electron chi connectivity index (χ3n) is 3.46. The monoisotopic (exact) mass is 363 g/mol. The lowest BCUT2D eigenvalue weighted by Gasteiger charge is -2.08. The van der Waals surface area contributed by atoms with Gasteiger partial charge >= 0.3 is 5.97 Å². The molecule has 2 rings (SSSR count). The second kappa shape index (κ2) is 9.31. The number of rotatable bonds is 10. The molecule has 0 aromatic heterocycles. The van der Waals surface area contributed by atoms with Crippen LogP contribution < -0.4 is 4.72 Å². The molecule has 0 radical (unpaired) electrons. The summed E-state index contributed by atoms with van der Waals surface area (Å²) < 4.78 is 32.3. The number of aliphatic carboxylic acids is 1. The third-order valence-corrected chi connectivity index (χ3v) is 4.94. The number of hydrogen-bond acceptors (Lipinski definition) is 4. The van der Waals surface area contributed by atoms with E-state index in [1.807, 2.05) is 30.3 Å². The van der Waals surface area contributed by atoms with Crippen LogP contribution in [0, 0.1) is 0 Å². The van der Waals surface area contributed by atoms with E-state index in [-0.39, 0.29) is 17.9 Å². The highest BCUT2D eigenvalue weighted by Crippen LogP contribution is 2.11. The summed E-state index contributed by atoms with van der Waals surface area (Å²) in [4.78, 5) is 10.7. The fourth-order valence-corrected chi connectivity index (χ4v) is 3.26. The lowest BCUT2D eigenvalue weighted by Crippen LogP contribution is -2.25. The van der Waals surface area contributed by atoms with Gasteiger partial charge in [-0.15, -0.1) is 0 Å². The quantitative estimate of drug-likeness (QED) is 0.631. The molecule has 0 bridgehead atoms. The molecule has 0 heterocycles. The van der Waals surface area contributed by atoms with Crippen LogP contribution in [0.25, 0.3) is 0 Å². The molecule has 0 atom stereocenters. The molecular weight excluding hydrogens is 342 g/mol. The maximum Gasteiger partial charge on any atom is 0.307 e. The van der Waals surface area contributed by atoms with E-state index in [0.717, 1.165) is 5.56 Å². The molecule has 0 fully saturated rings. The predicted molar refractivity (Wildman–Crippen MR) is 93.7 cm³/mol. The lowest BCUT2D eigenvalue weighted by molar-refractivity contribution is -0.136. The SMILES string of the molecule is O=C(O)Cc1ccc(S(=O)(=O)NCCCOCc2ccccc2)cc1. The molecule has 0 aliphatic heterocycles. The van der Waals surface area contributed by atoms with Crippen molar-refractivity contribution < 1.29 is 23.1 Å². The van der Waals surface area contributed by atoms with E-state index in [2.05, 4.69) is 4.72 Å². The van der Waals surface area contributed by atoms with Gasteiger partial charge in [0.15, 0.2) is 0 Å². The van der Waals surface area contributed by atoms with Crippen molar-refractivity contribution >= 4 is 16.0 Å². The standard InChI is InChI=1S/C18H21NO5S/c20-18(21)13-15-7-9-17(10-8-15)25(22,23)19-11-4-12-24-14-16-5-2-1-3-6-16/h1-3,5-10,19H,4,11-14H2,(H,20,21). The minimum Gasteiger partial charge on any atom is -0.481 e. The summed E-state index contributed by atoms with van der Waals surface area (Å²) >= 11 is 0. The summed E-state index contributed by atoms with van der Waals surface area (Å²) in [7, 11) is -3.60. The average Bonchev–Trinajstić information content (AvgIpc) is 2.59. The highest BCUT2D eigenvalue weighted by molar-refractivity contribution is 7.89. The van der Waals surface area contributed by atoms with Crippen LogP contribution in [0.15, 0.2) is 59.5 Å². The van der Waals surface area contributed by atoms with E-state index in [0.29, 0.717) is 25.2 Å². The molecule has 6 nitrogen and oxygen atoms in total. The first-order chi connectivity index (χ1) is 12.0. The Labute approximate surface area is 147 Å². The van der Waals surface area contributed by atoms with E-state index in [1.54, 1.807) is 0 Å². The van der Waals surface area contributed by atoms with Crippen molar-refractivity contribution in [2.75, 3.05) is 13.2 Å². The summed E-state index contributed by atoms with van der Waals surface area (Å²) in [6.07, 6.45) is 0.426. The first kappa shape index (κ1) is 19.1. The van der Waals surface area contributed by atoms with Gasteiger partial charge in [-0.1, -0.05) is 42.5 Å². The van der Waals surface area contributed by atoms with E-state index in [9.17, 15) is 13.2 Å². The van der Waals surface area contributed by atoms with Crippen LogP contribution in [0.1, 0.15) is 17.5 Å². The van der Waals surface area contributed by atoms with Gasteiger partial charge in [0.05, 0.1) is 17.9 Å². The smallest absolute Gasteiger partial charge is 0.307 e. The molecule has 0 unspecified atom stereocenters. The van der Waals surface area contributed by atoms with Crippen LogP contribution in [-0.2, 0) is 32.6 Å². The van der Waals surface area contributed by atoms with Gasteiger partial charge in [-0.2, -0.15) is 0 Å². The van der Waals surface area contributed by atoms with Crippen molar-refractivity contribution in [3.63, 3.8) is 0 Å². The van der Waals surface area contributed by atoms with Crippen LogP contribution in [0.2, 0.25) is 0 Å². The molecule has 0 saturated carbocycles. The highest BCUT2D eigenvalue weighted by Gasteiger charge is 2.13. The highest BCUT2D eigenvalue weighted by atomic mass is 32.2. The molecule has 0 aliphatic carbocycles. The van der Waals surface area contributed by atoms with Gasteiger partial charge in [-0.3, -0.25) is 4.79 Å². The number of carboxylic acids is 1. The minimum absolute atomic E-state index is 0.117. The summed E-state index contributed by atoms with van der Waals surface area (Å²) in [5, 5.41) is 8.71. The van der Waals surface area contributed by atoms with Crippen molar-refractivity contribution in [1.82, 2.24) is 4.72 Å².